The lowest BCUT2D eigenvalue weighted by atomic mass is 10.0. The van der Waals surface area contributed by atoms with Crippen molar-refractivity contribution in [1.82, 2.24) is 4.90 Å². The topological polar surface area (TPSA) is 73.2 Å². The van der Waals surface area contributed by atoms with E-state index in [2.05, 4.69) is 6.92 Å². The second kappa shape index (κ2) is 9.47. The standard InChI is InChI=1S/C23H27N3O3/c1-3-4-6-15-20(28)26(16-27)22-23(29)25(2)19-14-10-9-13-18(19)21(24-22)17-11-7-5-8-12-17/h5,7-14,22,27H,3-4,6,15-16H2,1-2H3/t22-/m0/s1. The second-order valence-corrected chi connectivity index (χ2v) is 7.09. The summed E-state index contributed by atoms with van der Waals surface area (Å²) in [6, 6.07) is 17.1. The first-order valence-corrected chi connectivity index (χ1v) is 9.99. The number of unbranched alkanes of at least 4 members (excludes halogenated alkanes) is 2. The van der Waals surface area contributed by atoms with Crippen LogP contribution in [0.25, 0.3) is 0 Å². The maximum atomic E-state index is 13.2. The molecule has 2 aromatic carbocycles. The third kappa shape index (κ3) is 4.38. The first-order chi connectivity index (χ1) is 14.1. The number of para-hydroxylation sites is 1. The summed E-state index contributed by atoms with van der Waals surface area (Å²) in [5.41, 5.74) is 3.01. The fourth-order valence-corrected chi connectivity index (χ4v) is 3.50. The van der Waals surface area contributed by atoms with Gasteiger partial charge < -0.3 is 10.0 Å². The quantitative estimate of drug-likeness (QED) is 0.580. The van der Waals surface area contributed by atoms with Gasteiger partial charge in [0.15, 0.2) is 0 Å². The number of carbonyl (C=O) groups excluding carboxylic acids is 2. The van der Waals surface area contributed by atoms with Crippen LogP contribution in [0.4, 0.5) is 5.69 Å². The number of carbonyl (C=O) groups is 2. The fraction of sp³-hybridized carbons (Fsp3) is 0.348. The Morgan fingerprint density at radius 2 is 1.79 bits per heavy atom. The normalized spacial score (nSPS) is 16.1. The lowest BCUT2D eigenvalue weighted by Crippen LogP contribution is -2.49. The largest absolute Gasteiger partial charge is 0.376 e. The second-order valence-electron chi connectivity index (χ2n) is 7.09. The van der Waals surface area contributed by atoms with Crippen molar-refractivity contribution in [3.05, 3.63) is 65.7 Å². The van der Waals surface area contributed by atoms with Gasteiger partial charge in [-0.05, 0) is 12.5 Å². The van der Waals surface area contributed by atoms with E-state index >= 15 is 0 Å². The lowest BCUT2D eigenvalue weighted by molar-refractivity contribution is -0.143. The van der Waals surface area contributed by atoms with Gasteiger partial charge in [-0.25, -0.2) is 4.99 Å². The molecule has 0 bridgehead atoms. The summed E-state index contributed by atoms with van der Waals surface area (Å²) < 4.78 is 0. The summed E-state index contributed by atoms with van der Waals surface area (Å²) in [7, 11) is 1.68. The molecule has 152 valence electrons. The van der Waals surface area contributed by atoms with Crippen LogP contribution in [0.5, 0.6) is 0 Å². The molecule has 6 heteroatoms. The van der Waals surface area contributed by atoms with E-state index in [4.69, 9.17) is 4.99 Å². The molecular formula is C23H27N3O3. The van der Waals surface area contributed by atoms with Gasteiger partial charge in [-0.15, -0.1) is 0 Å². The molecule has 6 nitrogen and oxygen atoms in total. The SMILES string of the molecule is CCCCCC(=O)N(CO)[C@@H]1N=C(c2ccccc2)c2ccccc2N(C)C1=O. The maximum absolute atomic E-state index is 13.2. The van der Waals surface area contributed by atoms with Crippen LogP contribution in [0.1, 0.15) is 43.7 Å². The van der Waals surface area contributed by atoms with Crippen LogP contribution in [0.15, 0.2) is 59.6 Å². The van der Waals surface area contributed by atoms with Crippen molar-refractivity contribution in [3.63, 3.8) is 0 Å². The van der Waals surface area contributed by atoms with Crippen molar-refractivity contribution in [1.29, 1.82) is 0 Å². The monoisotopic (exact) mass is 393 g/mol. The van der Waals surface area contributed by atoms with Crippen molar-refractivity contribution in [2.45, 2.75) is 38.8 Å². The summed E-state index contributed by atoms with van der Waals surface area (Å²) in [6.45, 7) is 1.50. The van der Waals surface area contributed by atoms with Crippen molar-refractivity contribution in [2.24, 2.45) is 4.99 Å². The van der Waals surface area contributed by atoms with Crippen molar-refractivity contribution in [3.8, 4) is 0 Å². The fourth-order valence-electron chi connectivity index (χ4n) is 3.50. The van der Waals surface area contributed by atoms with Crippen molar-refractivity contribution >= 4 is 23.2 Å². The van der Waals surface area contributed by atoms with E-state index in [1.54, 1.807) is 7.05 Å². The first-order valence-electron chi connectivity index (χ1n) is 9.99. The zero-order valence-electron chi connectivity index (χ0n) is 16.9. The van der Waals surface area contributed by atoms with E-state index in [9.17, 15) is 14.7 Å². The number of nitrogens with zero attached hydrogens (tertiary/aromatic N) is 3. The summed E-state index contributed by atoms with van der Waals surface area (Å²) in [4.78, 5) is 33.4. The first kappa shape index (κ1) is 20.7. The Balaban J connectivity index is 2.07. The third-order valence-corrected chi connectivity index (χ3v) is 5.13. The number of hydrogen-bond donors (Lipinski definition) is 1. The highest BCUT2D eigenvalue weighted by atomic mass is 16.3. The molecule has 1 N–H and O–H groups in total. The molecule has 1 heterocycles. The van der Waals surface area contributed by atoms with Gasteiger partial charge >= 0.3 is 0 Å². The smallest absolute Gasteiger partial charge is 0.272 e. The Morgan fingerprint density at radius 3 is 2.48 bits per heavy atom. The lowest BCUT2D eigenvalue weighted by Gasteiger charge is -2.28. The average Bonchev–Trinajstić information content (AvgIpc) is 2.86. The Labute approximate surface area is 171 Å². The molecule has 1 aliphatic heterocycles. The highest BCUT2D eigenvalue weighted by Crippen LogP contribution is 2.28. The van der Waals surface area contributed by atoms with Gasteiger partial charge in [0.25, 0.3) is 5.91 Å². The molecule has 0 saturated carbocycles. The van der Waals surface area contributed by atoms with E-state index in [0.717, 1.165) is 36.1 Å². The van der Waals surface area contributed by atoms with Crippen LogP contribution in [0.3, 0.4) is 0 Å². The molecule has 0 aliphatic carbocycles. The van der Waals surface area contributed by atoms with Gasteiger partial charge in [-0.3, -0.25) is 14.5 Å². The Kier molecular flexibility index (Phi) is 6.77. The predicted molar refractivity (Wildman–Crippen MR) is 114 cm³/mol. The van der Waals surface area contributed by atoms with E-state index < -0.39 is 12.9 Å². The van der Waals surface area contributed by atoms with Crippen LogP contribution in [0.2, 0.25) is 0 Å². The molecule has 0 radical (unpaired) electrons. The molecular weight excluding hydrogens is 366 g/mol. The Bertz CT molecular complexity index is 895. The number of hydrogen-bond acceptors (Lipinski definition) is 4. The summed E-state index contributed by atoms with van der Waals surface area (Å²) in [5, 5.41) is 9.94. The molecule has 1 aliphatic rings. The van der Waals surface area contributed by atoms with Crippen molar-refractivity contribution < 1.29 is 14.7 Å². The number of aliphatic imine (C=N–C) groups is 1. The molecule has 0 unspecified atom stereocenters. The number of likely N-dealkylation sites (N-methyl/N-ethyl adjacent to an activating group) is 1. The summed E-state index contributed by atoms with van der Waals surface area (Å²) in [6.07, 6.45) is 1.81. The highest BCUT2D eigenvalue weighted by molar-refractivity contribution is 6.20. The zero-order valence-corrected chi connectivity index (χ0v) is 16.9. The van der Waals surface area contributed by atoms with Gasteiger partial charge in [0.05, 0.1) is 11.4 Å². The van der Waals surface area contributed by atoms with Gasteiger partial charge in [0.1, 0.15) is 6.73 Å². The summed E-state index contributed by atoms with van der Waals surface area (Å²) in [5.74, 6) is -0.615. The number of aliphatic hydroxyl groups is 1. The number of fused-ring (bicyclic) bond motifs is 1. The Hall–Kier alpha value is -2.99. The molecule has 1 atom stereocenters. The number of benzene rings is 2. The molecule has 2 amide bonds. The van der Waals surface area contributed by atoms with Gasteiger partial charge in [-0.1, -0.05) is 68.3 Å². The Morgan fingerprint density at radius 1 is 1.10 bits per heavy atom. The van der Waals surface area contributed by atoms with Crippen LogP contribution < -0.4 is 4.90 Å². The highest BCUT2D eigenvalue weighted by Gasteiger charge is 2.35. The molecule has 3 rings (SSSR count). The van der Waals surface area contributed by atoms with Crippen molar-refractivity contribution in [2.75, 3.05) is 18.7 Å². The number of benzodiazepines with no additional fused rings is 1. The average molecular weight is 393 g/mol. The predicted octanol–water partition coefficient (Wildman–Crippen LogP) is 3.19. The van der Waals surface area contributed by atoms with Crippen LogP contribution >= 0.6 is 0 Å². The summed E-state index contributed by atoms with van der Waals surface area (Å²) >= 11 is 0. The number of aliphatic hydroxyl groups excluding tert-OH is 1. The van der Waals surface area contributed by atoms with Gasteiger partial charge in [0.2, 0.25) is 12.1 Å². The van der Waals surface area contributed by atoms with E-state index in [0.29, 0.717) is 5.71 Å². The minimum absolute atomic E-state index is 0.269. The van der Waals surface area contributed by atoms with Crippen LogP contribution in [-0.4, -0.2) is 47.5 Å². The molecule has 0 spiro atoms. The molecule has 2 aromatic rings. The number of amides is 2. The maximum Gasteiger partial charge on any atom is 0.272 e. The van der Waals surface area contributed by atoms with Crippen LogP contribution in [-0.2, 0) is 9.59 Å². The minimum atomic E-state index is -1.11. The van der Waals surface area contributed by atoms with E-state index in [1.807, 2.05) is 54.6 Å². The number of rotatable bonds is 7. The van der Waals surface area contributed by atoms with Gasteiger partial charge in [0, 0.05) is 24.6 Å². The zero-order chi connectivity index (χ0) is 20.8. The van der Waals surface area contributed by atoms with E-state index in [1.165, 1.54) is 9.80 Å². The minimum Gasteiger partial charge on any atom is -0.376 e. The van der Waals surface area contributed by atoms with Crippen LogP contribution in [0, 0.1) is 0 Å². The van der Waals surface area contributed by atoms with Gasteiger partial charge in [-0.2, -0.15) is 0 Å². The molecule has 0 saturated heterocycles. The molecule has 0 fully saturated rings. The molecule has 0 aromatic heterocycles. The third-order valence-electron chi connectivity index (χ3n) is 5.13. The molecule has 29 heavy (non-hydrogen) atoms. The van der Waals surface area contributed by atoms with E-state index in [-0.39, 0.29) is 18.2 Å². The number of anilines is 1.